The Kier molecular flexibility index (Phi) is 9.35. The van der Waals surface area contributed by atoms with Crippen LogP contribution in [-0.2, 0) is 20.3 Å². The first-order valence-electron chi connectivity index (χ1n) is 5.72. The van der Waals surface area contributed by atoms with Crippen molar-refractivity contribution >= 4 is 10.8 Å². The summed E-state index contributed by atoms with van der Waals surface area (Å²) in [7, 11) is -0.833. The van der Waals surface area contributed by atoms with E-state index in [1.54, 1.807) is 0 Å². The molecule has 0 heterocycles. The molecule has 0 aliphatic carbocycles. The Bertz CT molecular complexity index is 167. The maximum absolute atomic E-state index is 11.7. The van der Waals surface area contributed by atoms with E-state index < -0.39 is 10.8 Å². The summed E-state index contributed by atoms with van der Waals surface area (Å²) in [5.41, 5.74) is 0. The number of rotatable bonds is 9. The highest BCUT2D eigenvalue weighted by molar-refractivity contribution is 7.85. The zero-order valence-electron chi connectivity index (χ0n) is 10.3. The predicted octanol–water partition coefficient (Wildman–Crippen LogP) is 2.18. The monoisotopic (exact) mass is 236 g/mol. The van der Waals surface area contributed by atoms with Crippen LogP contribution in [-0.4, -0.2) is 35.2 Å². The quantitative estimate of drug-likeness (QED) is 0.576. The molecule has 0 aromatic heterocycles. The van der Waals surface area contributed by atoms with E-state index in [1.165, 1.54) is 0 Å². The Morgan fingerprint density at radius 3 is 2.00 bits per heavy atom. The molecular weight excluding hydrogens is 212 g/mol. The summed E-state index contributed by atoms with van der Waals surface area (Å²) >= 11 is 0. The topological polar surface area (TPSA) is 35.5 Å². The highest BCUT2D eigenvalue weighted by atomic mass is 32.2. The average molecular weight is 236 g/mol. The molecule has 0 aromatic carbocycles. The van der Waals surface area contributed by atoms with Gasteiger partial charge in [0.05, 0.1) is 5.75 Å². The smallest absolute Gasteiger partial charge is 0.168 e. The summed E-state index contributed by atoms with van der Waals surface area (Å²) in [5, 5.41) is 0. The van der Waals surface area contributed by atoms with Gasteiger partial charge in [-0.05, 0) is 19.8 Å². The van der Waals surface area contributed by atoms with E-state index >= 15 is 0 Å². The third kappa shape index (κ3) is 7.94. The predicted molar refractivity (Wildman–Crippen MR) is 64.4 cm³/mol. The highest BCUT2D eigenvalue weighted by Crippen LogP contribution is 2.06. The molecule has 0 amide bonds. The molecule has 92 valence electrons. The molecule has 0 aromatic rings. The van der Waals surface area contributed by atoms with Gasteiger partial charge in [0.15, 0.2) is 6.29 Å². The minimum atomic E-state index is -0.833. The molecule has 3 nitrogen and oxygen atoms in total. The van der Waals surface area contributed by atoms with Crippen molar-refractivity contribution < 1.29 is 13.7 Å². The molecule has 0 fully saturated rings. The van der Waals surface area contributed by atoms with E-state index in [0.29, 0.717) is 24.9 Å². The molecule has 0 saturated carbocycles. The molecule has 2 atom stereocenters. The van der Waals surface area contributed by atoms with Gasteiger partial charge in [-0.3, -0.25) is 4.21 Å². The molecule has 0 aliphatic rings. The minimum absolute atomic E-state index is 0.301. The van der Waals surface area contributed by atoms with Crippen LogP contribution < -0.4 is 0 Å². The van der Waals surface area contributed by atoms with Crippen molar-refractivity contribution in [2.45, 2.75) is 40.4 Å². The van der Waals surface area contributed by atoms with Crippen LogP contribution in [0.5, 0.6) is 0 Å². The van der Waals surface area contributed by atoms with Gasteiger partial charge < -0.3 is 9.47 Å². The van der Waals surface area contributed by atoms with Crippen molar-refractivity contribution in [2.24, 2.45) is 5.92 Å². The highest BCUT2D eigenvalue weighted by Gasteiger charge is 2.14. The van der Waals surface area contributed by atoms with Crippen LogP contribution in [0.3, 0.4) is 0 Å². The molecule has 0 N–H and O–H groups in total. The van der Waals surface area contributed by atoms with Crippen LogP contribution in [0.1, 0.15) is 34.1 Å². The van der Waals surface area contributed by atoms with Gasteiger partial charge in [0.1, 0.15) is 0 Å². The van der Waals surface area contributed by atoms with E-state index in [0.717, 1.165) is 12.2 Å². The van der Waals surface area contributed by atoms with Crippen LogP contribution >= 0.6 is 0 Å². The zero-order valence-corrected chi connectivity index (χ0v) is 11.1. The summed E-state index contributed by atoms with van der Waals surface area (Å²) in [6, 6.07) is 0. The van der Waals surface area contributed by atoms with Crippen molar-refractivity contribution in [2.75, 3.05) is 24.7 Å². The molecule has 0 aliphatic heterocycles. The first kappa shape index (κ1) is 15.1. The number of ether oxygens (including phenoxy) is 2. The summed E-state index contributed by atoms with van der Waals surface area (Å²) in [6.45, 7) is 9.28. The largest absolute Gasteiger partial charge is 0.352 e. The molecule has 0 saturated heterocycles. The van der Waals surface area contributed by atoms with E-state index in [4.69, 9.17) is 9.47 Å². The van der Waals surface area contributed by atoms with Gasteiger partial charge in [-0.25, -0.2) is 0 Å². The van der Waals surface area contributed by atoms with Crippen molar-refractivity contribution in [3.8, 4) is 0 Å². The molecular formula is C11H24O3S. The summed E-state index contributed by atoms with van der Waals surface area (Å²) < 4.78 is 22.4. The lowest BCUT2D eigenvalue weighted by atomic mass is 10.2. The Morgan fingerprint density at radius 1 is 1.07 bits per heavy atom. The maximum atomic E-state index is 11.7. The van der Waals surface area contributed by atoms with Gasteiger partial charge in [0.25, 0.3) is 0 Å². The van der Waals surface area contributed by atoms with Crippen molar-refractivity contribution in [3.05, 3.63) is 0 Å². The summed E-state index contributed by atoms with van der Waals surface area (Å²) in [5.74, 6) is 1.74. The van der Waals surface area contributed by atoms with Gasteiger partial charge in [-0.2, -0.15) is 0 Å². The van der Waals surface area contributed by atoms with Crippen LogP contribution in [0.2, 0.25) is 0 Å². The number of hydrogen-bond acceptors (Lipinski definition) is 3. The van der Waals surface area contributed by atoms with E-state index in [2.05, 4.69) is 13.8 Å². The Hall–Kier alpha value is 0.0700. The first-order chi connectivity index (χ1) is 7.13. The molecule has 0 rings (SSSR count). The third-order valence-electron chi connectivity index (χ3n) is 2.19. The minimum Gasteiger partial charge on any atom is -0.352 e. The fourth-order valence-corrected chi connectivity index (χ4v) is 2.67. The molecule has 0 radical (unpaired) electrons. The molecule has 0 bridgehead atoms. The van der Waals surface area contributed by atoms with Gasteiger partial charge in [0, 0.05) is 29.8 Å². The second-order valence-electron chi connectivity index (χ2n) is 3.63. The van der Waals surface area contributed by atoms with Gasteiger partial charge >= 0.3 is 0 Å². The fourth-order valence-electron chi connectivity index (χ4n) is 1.17. The van der Waals surface area contributed by atoms with Gasteiger partial charge in [0.2, 0.25) is 0 Å². The Labute approximate surface area is 96.0 Å². The fraction of sp³-hybridized carbons (Fsp3) is 1.00. The van der Waals surface area contributed by atoms with E-state index in [9.17, 15) is 4.21 Å². The first-order valence-corrected chi connectivity index (χ1v) is 7.20. The second-order valence-corrected chi connectivity index (χ2v) is 5.17. The van der Waals surface area contributed by atoms with Crippen molar-refractivity contribution in [1.82, 2.24) is 0 Å². The van der Waals surface area contributed by atoms with E-state index in [-0.39, 0.29) is 6.29 Å². The lowest BCUT2D eigenvalue weighted by Crippen LogP contribution is -2.26. The van der Waals surface area contributed by atoms with Crippen molar-refractivity contribution in [1.29, 1.82) is 0 Å². The van der Waals surface area contributed by atoms with Crippen LogP contribution in [0.15, 0.2) is 0 Å². The SMILES string of the molecule is CCOC(CS(=O)CC(C)CC)OCC. The third-order valence-corrected chi connectivity index (χ3v) is 3.78. The second kappa shape index (κ2) is 9.31. The normalized spacial score (nSPS) is 15.5. The van der Waals surface area contributed by atoms with Crippen LogP contribution in [0.25, 0.3) is 0 Å². The number of hydrogen-bond donors (Lipinski definition) is 0. The standard InChI is InChI=1S/C11H24O3S/c1-5-10(4)8-15(12)9-11(13-6-2)14-7-3/h10-11H,5-9H2,1-4H3. The van der Waals surface area contributed by atoms with Crippen molar-refractivity contribution in [3.63, 3.8) is 0 Å². The Balaban J connectivity index is 3.87. The summed E-state index contributed by atoms with van der Waals surface area (Å²) in [6.07, 6.45) is 0.768. The summed E-state index contributed by atoms with van der Waals surface area (Å²) in [4.78, 5) is 0. The molecule has 0 spiro atoms. The lowest BCUT2D eigenvalue weighted by molar-refractivity contribution is -0.120. The average Bonchev–Trinajstić information content (AvgIpc) is 2.18. The van der Waals surface area contributed by atoms with Gasteiger partial charge in [-0.1, -0.05) is 20.3 Å². The van der Waals surface area contributed by atoms with Gasteiger partial charge in [-0.15, -0.1) is 0 Å². The molecule has 4 heteroatoms. The maximum Gasteiger partial charge on any atom is 0.168 e. The van der Waals surface area contributed by atoms with E-state index in [1.807, 2.05) is 13.8 Å². The lowest BCUT2D eigenvalue weighted by Gasteiger charge is -2.17. The molecule has 2 unspecified atom stereocenters. The van der Waals surface area contributed by atoms with Crippen LogP contribution in [0.4, 0.5) is 0 Å². The molecule has 15 heavy (non-hydrogen) atoms. The Morgan fingerprint density at radius 2 is 1.60 bits per heavy atom. The zero-order chi connectivity index (χ0) is 11.7. The van der Waals surface area contributed by atoms with Crippen LogP contribution in [0, 0.1) is 5.92 Å².